The van der Waals surface area contributed by atoms with E-state index in [4.69, 9.17) is 4.79 Å². The Hall–Kier alpha value is -1.63. The second-order valence-electron chi connectivity index (χ2n) is 2.58. The summed E-state index contributed by atoms with van der Waals surface area (Å²) in [6.07, 6.45) is 0.750. The van der Waals surface area contributed by atoms with Gasteiger partial charge in [0.15, 0.2) is 0 Å². The van der Waals surface area contributed by atoms with Gasteiger partial charge >= 0.3 is 0 Å². The minimum absolute atomic E-state index is 0.750. The van der Waals surface area contributed by atoms with E-state index in [1.807, 2.05) is 41.5 Å². The van der Waals surface area contributed by atoms with Crippen LogP contribution in [0.2, 0.25) is 0 Å². The number of carbonyl (C=O) groups is 1. The molecule has 1 nitrogen and oxygen atoms in total. The summed E-state index contributed by atoms with van der Waals surface area (Å²) in [7, 11) is 0. The van der Waals surface area contributed by atoms with E-state index in [9.17, 15) is 0 Å². The average molecular weight is 262 g/mol. The largest absolute Gasteiger partial charge is 0.304 e. The highest BCUT2D eigenvalue weighted by atomic mass is 16.1. The van der Waals surface area contributed by atoms with Crippen molar-refractivity contribution in [1.29, 1.82) is 0 Å². The maximum atomic E-state index is 8.81. The van der Waals surface area contributed by atoms with E-state index in [0.29, 0.717) is 0 Å². The van der Waals surface area contributed by atoms with Gasteiger partial charge in [-0.1, -0.05) is 90.1 Å². The zero-order valence-electron chi connectivity index (χ0n) is 13.6. The molecule has 0 atom stereocenters. The lowest BCUT2D eigenvalue weighted by molar-refractivity contribution is -0.106. The van der Waals surface area contributed by atoms with E-state index >= 15 is 0 Å². The number of fused-ring (bicyclic) bond motifs is 1. The van der Waals surface area contributed by atoms with Gasteiger partial charge in [0.2, 0.25) is 0 Å². The number of aldehydes is 1. The first-order valence-electron chi connectivity index (χ1n) is 7.22. The summed E-state index contributed by atoms with van der Waals surface area (Å²) >= 11 is 0. The first kappa shape index (κ1) is 22.5. The first-order chi connectivity index (χ1) is 9.38. The molecule has 0 saturated heterocycles. The van der Waals surface area contributed by atoms with E-state index in [1.54, 1.807) is 0 Å². The number of rotatable bonds is 0. The summed E-state index contributed by atoms with van der Waals surface area (Å²) < 4.78 is 0. The molecule has 2 rings (SSSR count). The van der Waals surface area contributed by atoms with Gasteiger partial charge in [0.05, 0.1) is 0 Å². The lowest BCUT2D eigenvalue weighted by atomic mass is 10.1. The van der Waals surface area contributed by atoms with Crippen molar-refractivity contribution in [2.45, 2.75) is 48.5 Å². The molecule has 0 aliphatic carbocycles. The van der Waals surface area contributed by atoms with Crippen LogP contribution in [0.5, 0.6) is 0 Å². The lowest BCUT2D eigenvalue weighted by Crippen LogP contribution is -1.67. The van der Waals surface area contributed by atoms with E-state index in [-0.39, 0.29) is 0 Å². The van der Waals surface area contributed by atoms with Crippen LogP contribution in [0.25, 0.3) is 10.8 Å². The first-order valence-corrected chi connectivity index (χ1v) is 7.22. The molecule has 0 spiro atoms. The molecule has 0 heterocycles. The number of carbonyl (C=O) groups excluding carboxylic acids is 1. The molecule has 19 heavy (non-hydrogen) atoms. The average Bonchev–Trinajstić information content (AvgIpc) is 2.54. The van der Waals surface area contributed by atoms with Gasteiger partial charge in [-0.15, -0.1) is 0 Å². The van der Waals surface area contributed by atoms with Gasteiger partial charge in [0.25, 0.3) is 0 Å². The fourth-order valence-electron chi connectivity index (χ4n) is 1.13. The zero-order chi connectivity index (χ0) is 15.5. The fourth-order valence-corrected chi connectivity index (χ4v) is 1.13. The predicted molar refractivity (Wildman–Crippen MR) is 89.7 cm³/mol. The Bertz CT molecular complexity index is 315. The highest BCUT2D eigenvalue weighted by molar-refractivity contribution is 5.81. The summed E-state index contributed by atoms with van der Waals surface area (Å²) in [5, 5.41) is 2.62. The van der Waals surface area contributed by atoms with Crippen LogP contribution in [0.1, 0.15) is 48.5 Å². The summed E-state index contributed by atoms with van der Waals surface area (Å²) in [5.41, 5.74) is 0. The van der Waals surface area contributed by atoms with E-state index < -0.39 is 0 Å². The standard InChI is InChI=1S/C10H8.C2H4O.3C2H6/c1-2-6-10-8-4-3-7-9(10)5-1;1-2-3;3*1-2/h1-8H;2H,1H3;3*1-2H3. The van der Waals surface area contributed by atoms with Crippen LogP contribution < -0.4 is 0 Å². The van der Waals surface area contributed by atoms with Crippen molar-refractivity contribution in [3.63, 3.8) is 0 Å². The Morgan fingerprint density at radius 3 is 0.947 bits per heavy atom. The minimum Gasteiger partial charge on any atom is -0.304 e. The second-order valence-corrected chi connectivity index (χ2v) is 2.58. The van der Waals surface area contributed by atoms with Gasteiger partial charge in [0, 0.05) is 0 Å². The monoisotopic (exact) mass is 262 g/mol. The molecule has 0 aromatic heterocycles. The van der Waals surface area contributed by atoms with Crippen molar-refractivity contribution in [1.82, 2.24) is 0 Å². The van der Waals surface area contributed by atoms with Crippen molar-refractivity contribution < 1.29 is 4.79 Å². The molecule has 1 heteroatoms. The third-order valence-electron chi connectivity index (χ3n) is 1.66. The molecule has 0 radical (unpaired) electrons. The van der Waals surface area contributed by atoms with Gasteiger partial charge in [-0.3, -0.25) is 0 Å². The zero-order valence-corrected chi connectivity index (χ0v) is 13.6. The van der Waals surface area contributed by atoms with E-state index in [1.165, 1.54) is 17.7 Å². The summed E-state index contributed by atoms with van der Waals surface area (Å²) in [5.74, 6) is 0. The molecule has 2 aromatic rings. The van der Waals surface area contributed by atoms with Crippen molar-refractivity contribution in [3.8, 4) is 0 Å². The van der Waals surface area contributed by atoms with Gasteiger partial charge in [-0.25, -0.2) is 0 Å². The molecule has 2 aromatic carbocycles. The lowest BCUT2D eigenvalue weighted by Gasteiger charge is -1.92. The minimum atomic E-state index is 0.750. The molecule has 0 aliphatic heterocycles. The number of hydrogen-bond acceptors (Lipinski definition) is 1. The third-order valence-corrected chi connectivity index (χ3v) is 1.66. The molecule has 0 aliphatic rings. The highest BCUT2D eigenvalue weighted by Crippen LogP contribution is 2.11. The normalized spacial score (nSPS) is 6.89. The molecule has 0 bridgehead atoms. The molecule has 0 fully saturated rings. The highest BCUT2D eigenvalue weighted by Gasteiger charge is 1.85. The van der Waals surface area contributed by atoms with Crippen LogP contribution in [-0.4, -0.2) is 6.29 Å². The summed E-state index contributed by atoms with van der Waals surface area (Å²) in [6.45, 7) is 13.4. The topological polar surface area (TPSA) is 17.1 Å². The van der Waals surface area contributed by atoms with Crippen molar-refractivity contribution >= 4 is 17.1 Å². The maximum absolute atomic E-state index is 8.81. The SMILES string of the molecule is CC.CC.CC.CC=O.c1ccc2ccccc2c1. The summed E-state index contributed by atoms with van der Waals surface area (Å²) in [4.78, 5) is 8.81. The molecule has 0 N–H and O–H groups in total. The molecule has 108 valence electrons. The molecule has 0 unspecified atom stereocenters. The third kappa shape index (κ3) is 12.6. The van der Waals surface area contributed by atoms with Crippen LogP contribution in [-0.2, 0) is 4.79 Å². The molecular formula is C18H30O. The van der Waals surface area contributed by atoms with E-state index in [2.05, 4.69) is 48.5 Å². The van der Waals surface area contributed by atoms with Gasteiger partial charge in [-0.05, 0) is 17.7 Å². The van der Waals surface area contributed by atoms with Gasteiger partial charge in [0.1, 0.15) is 6.29 Å². The Morgan fingerprint density at radius 1 is 0.632 bits per heavy atom. The van der Waals surface area contributed by atoms with Crippen LogP contribution in [0.3, 0.4) is 0 Å². The molecule has 0 amide bonds. The Morgan fingerprint density at radius 2 is 0.789 bits per heavy atom. The number of hydrogen-bond donors (Lipinski definition) is 0. The van der Waals surface area contributed by atoms with Crippen molar-refractivity contribution in [2.75, 3.05) is 0 Å². The maximum Gasteiger partial charge on any atom is 0.116 e. The summed E-state index contributed by atoms with van der Waals surface area (Å²) in [6, 6.07) is 16.7. The quantitative estimate of drug-likeness (QED) is 0.522. The van der Waals surface area contributed by atoms with Gasteiger partial charge in [-0.2, -0.15) is 0 Å². The predicted octanol–water partition coefficient (Wildman–Crippen LogP) is 6.12. The fraction of sp³-hybridized carbons (Fsp3) is 0.389. The molecular weight excluding hydrogens is 232 g/mol. The Kier molecular flexibility index (Phi) is 25.7. The molecule has 0 saturated carbocycles. The Labute approximate surface area is 119 Å². The van der Waals surface area contributed by atoms with Crippen molar-refractivity contribution in [3.05, 3.63) is 48.5 Å². The van der Waals surface area contributed by atoms with Crippen LogP contribution in [0.15, 0.2) is 48.5 Å². The Balaban J connectivity index is -0.000000244. The van der Waals surface area contributed by atoms with E-state index in [0.717, 1.165) is 6.29 Å². The van der Waals surface area contributed by atoms with Gasteiger partial charge < -0.3 is 4.79 Å². The van der Waals surface area contributed by atoms with Crippen LogP contribution >= 0.6 is 0 Å². The van der Waals surface area contributed by atoms with Crippen LogP contribution in [0, 0.1) is 0 Å². The smallest absolute Gasteiger partial charge is 0.116 e. The van der Waals surface area contributed by atoms with Crippen molar-refractivity contribution in [2.24, 2.45) is 0 Å². The second kappa shape index (κ2) is 21.6. The van der Waals surface area contributed by atoms with Crippen LogP contribution in [0.4, 0.5) is 0 Å². The number of benzene rings is 2.